The number of imide groups is 1. The van der Waals surface area contributed by atoms with Crippen LogP contribution in [-0.4, -0.2) is 39.8 Å². The van der Waals surface area contributed by atoms with Gasteiger partial charge in [0.2, 0.25) is 11.8 Å². The van der Waals surface area contributed by atoms with E-state index in [9.17, 15) is 24.6 Å². The van der Waals surface area contributed by atoms with Crippen LogP contribution < -0.4 is 10.6 Å². The zero-order valence-electron chi connectivity index (χ0n) is 22.9. The Balaban J connectivity index is 2.01. The summed E-state index contributed by atoms with van der Waals surface area (Å²) in [6.07, 6.45) is 2.77. The number of rotatable bonds is 4. The molecule has 4 N–H and O–H groups in total. The normalized spacial score (nSPS) is 23.8. The summed E-state index contributed by atoms with van der Waals surface area (Å²) in [7, 11) is 0. The molecule has 0 saturated heterocycles. The summed E-state index contributed by atoms with van der Waals surface area (Å²) in [6.45, 7) is 14.8. The molecule has 0 spiro atoms. The summed E-state index contributed by atoms with van der Waals surface area (Å²) >= 11 is 0. The largest absolute Gasteiger partial charge is 0.504 e. The molecule has 2 aliphatic carbocycles. The number of aryl methyl sites for hydroxylation is 1. The van der Waals surface area contributed by atoms with Gasteiger partial charge in [0.05, 0.1) is 5.41 Å². The van der Waals surface area contributed by atoms with E-state index in [0.29, 0.717) is 24.0 Å². The summed E-state index contributed by atoms with van der Waals surface area (Å²) in [4.78, 5) is 39.2. The molecule has 0 unspecified atom stereocenters. The quantitative estimate of drug-likeness (QED) is 0.439. The number of phenolic OH excluding ortho intramolecular Hbond substituents is 2. The van der Waals surface area contributed by atoms with E-state index < -0.39 is 35.0 Å². The predicted octanol–water partition coefficient (Wildman–Crippen LogP) is 4.79. The lowest BCUT2D eigenvalue weighted by Gasteiger charge is -2.54. The Bertz CT molecular complexity index is 1060. The van der Waals surface area contributed by atoms with E-state index in [1.165, 1.54) is 6.92 Å². The minimum atomic E-state index is -1.17. The Kier molecular flexibility index (Phi) is 7.41. The van der Waals surface area contributed by atoms with Crippen LogP contribution in [0.2, 0.25) is 0 Å². The van der Waals surface area contributed by atoms with Gasteiger partial charge in [0.25, 0.3) is 0 Å². The number of ether oxygens (including phenoxy) is 1. The molecule has 3 amide bonds. The Hall–Kier alpha value is -2.77. The molecule has 1 aromatic rings. The van der Waals surface area contributed by atoms with E-state index in [2.05, 4.69) is 24.5 Å². The van der Waals surface area contributed by atoms with Crippen LogP contribution in [-0.2, 0) is 26.2 Å². The van der Waals surface area contributed by atoms with E-state index in [1.54, 1.807) is 20.8 Å². The van der Waals surface area contributed by atoms with Gasteiger partial charge in [0, 0.05) is 11.1 Å². The average molecular weight is 503 g/mol. The van der Waals surface area contributed by atoms with Gasteiger partial charge >= 0.3 is 6.09 Å². The van der Waals surface area contributed by atoms with Gasteiger partial charge in [-0.2, -0.15) is 0 Å². The van der Waals surface area contributed by atoms with Crippen molar-refractivity contribution in [3.63, 3.8) is 0 Å². The number of aromatic hydroxyl groups is 2. The number of benzene rings is 1. The average Bonchev–Trinajstić information content (AvgIpc) is 2.73. The third-order valence-electron chi connectivity index (χ3n) is 7.85. The molecular formula is C28H42N2O6. The zero-order chi connectivity index (χ0) is 27.2. The van der Waals surface area contributed by atoms with Gasteiger partial charge in [-0.25, -0.2) is 4.79 Å². The molecule has 0 bridgehead atoms. The fourth-order valence-electron chi connectivity index (χ4n) is 6.21. The molecule has 1 saturated carbocycles. The van der Waals surface area contributed by atoms with Gasteiger partial charge in [0.1, 0.15) is 11.6 Å². The molecule has 1 aromatic carbocycles. The summed E-state index contributed by atoms with van der Waals surface area (Å²) in [5.41, 5.74) is -0.196. The van der Waals surface area contributed by atoms with Crippen molar-refractivity contribution < 1.29 is 29.3 Å². The van der Waals surface area contributed by atoms with Gasteiger partial charge in [0.15, 0.2) is 11.5 Å². The second kappa shape index (κ2) is 9.60. The lowest BCUT2D eigenvalue weighted by molar-refractivity contribution is -0.140. The number of hydrogen-bond acceptors (Lipinski definition) is 6. The van der Waals surface area contributed by atoms with E-state index in [0.717, 1.165) is 24.8 Å². The van der Waals surface area contributed by atoms with Crippen LogP contribution in [0.1, 0.15) is 104 Å². The van der Waals surface area contributed by atoms with Crippen molar-refractivity contribution in [3.05, 3.63) is 22.8 Å². The van der Waals surface area contributed by atoms with Gasteiger partial charge < -0.3 is 20.3 Å². The lowest BCUT2D eigenvalue weighted by atomic mass is 9.49. The fraction of sp³-hybridized carbons (Fsp3) is 0.679. The van der Waals surface area contributed by atoms with Crippen molar-refractivity contribution in [2.45, 2.75) is 110 Å². The van der Waals surface area contributed by atoms with Crippen LogP contribution in [0.5, 0.6) is 11.5 Å². The first-order valence-corrected chi connectivity index (χ1v) is 12.9. The molecule has 0 aromatic heterocycles. The van der Waals surface area contributed by atoms with Gasteiger partial charge in [-0.1, -0.05) is 40.2 Å². The molecule has 0 aliphatic heterocycles. The van der Waals surface area contributed by atoms with Crippen LogP contribution in [0.25, 0.3) is 0 Å². The molecule has 3 atom stereocenters. The van der Waals surface area contributed by atoms with Crippen molar-refractivity contribution in [2.75, 3.05) is 0 Å². The van der Waals surface area contributed by atoms with Crippen molar-refractivity contribution >= 4 is 17.9 Å². The van der Waals surface area contributed by atoms with E-state index in [-0.39, 0.29) is 28.7 Å². The molecular weight excluding hydrogens is 460 g/mol. The number of carbonyl (C=O) groups excluding carboxylic acids is 3. The van der Waals surface area contributed by atoms with Gasteiger partial charge in [-0.15, -0.1) is 0 Å². The molecule has 36 heavy (non-hydrogen) atoms. The van der Waals surface area contributed by atoms with Crippen LogP contribution in [0.4, 0.5) is 4.79 Å². The Labute approximate surface area is 214 Å². The van der Waals surface area contributed by atoms with Crippen LogP contribution in [0.15, 0.2) is 6.07 Å². The highest BCUT2D eigenvalue weighted by Gasteiger charge is 2.58. The Morgan fingerprint density at radius 1 is 1.08 bits per heavy atom. The maximum atomic E-state index is 14.0. The summed E-state index contributed by atoms with van der Waals surface area (Å²) < 4.78 is 5.22. The number of nitrogens with one attached hydrogen (secondary N) is 2. The standard InChI is InChI=1S/C28H42N2O6/c1-15(2)18-14-17-10-11-19-27(7,8)12-9-13-28(19,20(17)22(32)21(18)31)24(34)30-23(33)16(3)29-25(35)36-26(4,5)6/h14-16,19,31-32H,9-13H2,1-8H3,(H,29,35)(H,30,33,34)/t16-,19-,28+/m0/s1. The number of phenols is 2. The lowest BCUT2D eigenvalue weighted by Crippen LogP contribution is -2.60. The van der Waals surface area contributed by atoms with Crippen molar-refractivity contribution in [3.8, 4) is 11.5 Å². The van der Waals surface area contributed by atoms with Gasteiger partial charge in [-0.3, -0.25) is 14.9 Å². The number of carbonyl (C=O) groups is 3. The third kappa shape index (κ3) is 5.04. The molecule has 0 heterocycles. The Morgan fingerprint density at radius 2 is 1.72 bits per heavy atom. The second-order valence-corrected chi connectivity index (χ2v) is 12.4. The van der Waals surface area contributed by atoms with E-state index in [4.69, 9.17) is 4.74 Å². The molecule has 1 fully saturated rings. The third-order valence-corrected chi connectivity index (χ3v) is 7.85. The maximum absolute atomic E-state index is 14.0. The number of alkyl carbamates (subject to hydrolysis) is 1. The maximum Gasteiger partial charge on any atom is 0.408 e. The molecule has 0 radical (unpaired) electrons. The Morgan fingerprint density at radius 3 is 2.31 bits per heavy atom. The molecule has 8 nitrogen and oxygen atoms in total. The van der Waals surface area contributed by atoms with Gasteiger partial charge in [-0.05, 0) is 76.2 Å². The molecule has 3 rings (SSSR count). The van der Waals surface area contributed by atoms with Crippen LogP contribution in [0.3, 0.4) is 0 Å². The second-order valence-electron chi connectivity index (χ2n) is 12.4. The minimum absolute atomic E-state index is 0.00662. The summed E-state index contributed by atoms with van der Waals surface area (Å²) in [5.74, 6) is -1.77. The van der Waals surface area contributed by atoms with E-state index >= 15 is 0 Å². The first kappa shape index (κ1) is 27.8. The van der Waals surface area contributed by atoms with Crippen molar-refractivity contribution in [1.29, 1.82) is 0 Å². The van der Waals surface area contributed by atoms with Crippen LogP contribution in [0, 0.1) is 11.3 Å². The molecule has 200 valence electrons. The minimum Gasteiger partial charge on any atom is -0.504 e. The first-order valence-electron chi connectivity index (χ1n) is 12.9. The topological polar surface area (TPSA) is 125 Å². The number of fused-ring (bicyclic) bond motifs is 3. The van der Waals surface area contributed by atoms with E-state index in [1.807, 2.05) is 19.9 Å². The summed E-state index contributed by atoms with van der Waals surface area (Å²) in [5, 5.41) is 27.2. The van der Waals surface area contributed by atoms with Crippen molar-refractivity contribution in [2.24, 2.45) is 11.3 Å². The molecule has 2 aliphatic rings. The fourth-order valence-corrected chi connectivity index (χ4v) is 6.21. The van der Waals surface area contributed by atoms with Crippen LogP contribution >= 0.6 is 0 Å². The molecule has 8 heteroatoms. The highest BCUT2D eigenvalue weighted by Crippen LogP contribution is 2.60. The summed E-state index contributed by atoms with van der Waals surface area (Å²) in [6, 6.07) is 0.889. The number of hydrogen-bond donors (Lipinski definition) is 4. The smallest absolute Gasteiger partial charge is 0.408 e. The highest BCUT2D eigenvalue weighted by molar-refractivity contribution is 6.04. The first-order chi connectivity index (χ1) is 16.5. The SMILES string of the molecule is CC(C)c1cc2c(c(O)c1O)[C@@]1(C(=O)NC(=O)[C@H](C)NC(=O)OC(C)(C)C)CCCC(C)(C)[C@@H]1CC2. The predicted molar refractivity (Wildman–Crippen MR) is 137 cm³/mol. The zero-order valence-corrected chi connectivity index (χ0v) is 22.9. The highest BCUT2D eigenvalue weighted by atomic mass is 16.6. The van der Waals surface area contributed by atoms with Crippen molar-refractivity contribution in [1.82, 2.24) is 10.6 Å². The number of amides is 3. The monoisotopic (exact) mass is 502 g/mol.